The van der Waals surface area contributed by atoms with Crippen molar-refractivity contribution in [1.29, 1.82) is 0 Å². The third kappa shape index (κ3) is 2.53. The van der Waals surface area contributed by atoms with Crippen molar-refractivity contribution in [3.63, 3.8) is 0 Å². The van der Waals surface area contributed by atoms with E-state index >= 15 is 0 Å². The minimum absolute atomic E-state index is 0.000480. The summed E-state index contributed by atoms with van der Waals surface area (Å²) in [6.45, 7) is 0.619. The fraction of sp³-hybridized carbons (Fsp3) is 0.250. The van der Waals surface area contributed by atoms with Gasteiger partial charge in [-0.2, -0.15) is 0 Å². The predicted octanol–water partition coefficient (Wildman–Crippen LogP) is 4.53. The molecule has 4 heterocycles. The molecule has 0 radical (unpaired) electrons. The monoisotopic (exact) mass is 401 g/mol. The fourth-order valence-corrected chi connectivity index (χ4v) is 4.91. The molecule has 0 aliphatic carbocycles. The zero-order chi connectivity index (χ0) is 20.2. The highest BCUT2D eigenvalue weighted by molar-refractivity contribution is 5.86. The average molecular weight is 401 g/mol. The molecule has 30 heavy (non-hydrogen) atoms. The Morgan fingerprint density at radius 1 is 0.900 bits per heavy atom. The largest absolute Gasteiger partial charge is 0.422 e. The molecule has 0 bridgehead atoms. The third-order valence-corrected chi connectivity index (χ3v) is 6.24. The van der Waals surface area contributed by atoms with Gasteiger partial charge in [0.15, 0.2) is 0 Å². The van der Waals surface area contributed by atoms with E-state index < -0.39 is 17.3 Å². The molecule has 1 saturated heterocycles. The van der Waals surface area contributed by atoms with Crippen LogP contribution in [-0.4, -0.2) is 6.61 Å². The first-order chi connectivity index (χ1) is 14.7. The number of anilines is 1. The van der Waals surface area contributed by atoms with E-state index in [4.69, 9.17) is 13.6 Å². The van der Waals surface area contributed by atoms with Crippen molar-refractivity contribution < 1.29 is 13.6 Å². The van der Waals surface area contributed by atoms with Crippen molar-refractivity contribution in [2.45, 2.75) is 25.0 Å². The summed E-state index contributed by atoms with van der Waals surface area (Å²) in [5.41, 5.74) is 1.94. The summed E-state index contributed by atoms with van der Waals surface area (Å²) in [4.78, 5) is 25.7. The van der Waals surface area contributed by atoms with Gasteiger partial charge in [-0.25, -0.2) is 9.59 Å². The summed E-state index contributed by atoms with van der Waals surface area (Å²) in [7, 11) is 0. The Morgan fingerprint density at radius 2 is 1.67 bits per heavy atom. The third-order valence-electron chi connectivity index (χ3n) is 6.24. The summed E-state index contributed by atoms with van der Waals surface area (Å²) < 4.78 is 17.3. The smallest absolute Gasteiger partial charge is 0.360 e. The van der Waals surface area contributed by atoms with Crippen LogP contribution in [0.3, 0.4) is 0 Å². The Bertz CT molecular complexity index is 1400. The molecule has 0 saturated carbocycles. The summed E-state index contributed by atoms with van der Waals surface area (Å²) in [5.74, 6) is 0.000480. The maximum absolute atomic E-state index is 12.9. The predicted molar refractivity (Wildman–Crippen MR) is 113 cm³/mol. The summed E-state index contributed by atoms with van der Waals surface area (Å²) in [5, 5.41) is 5.04. The molecule has 0 spiro atoms. The van der Waals surface area contributed by atoms with Gasteiger partial charge in [-0.15, -0.1) is 0 Å². The number of ether oxygens (including phenoxy) is 1. The van der Waals surface area contributed by atoms with Crippen molar-refractivity contribution >= 4 is 27.6 Å². The highest BCUT2D eigenvalue weighted by Crippen LogP contribution is 2.49. The minimum Gasteiger partial charge on any atom is -0.422 e. The van der Waals surface area contributed by atoms with Crippen LogP contribution in [0.25, 0.3) is 21.9 Å². The Hall–Kier alpha value is -3.38. The van der Waals surface area contributed by atoms with Crippen molar-refractivity contribution in [1.82, 2.24) is 0 Å². The number of hydrogen-bond acceptors (Lipinski definition) is 6. The standard InChI is InChI=1S/C24H19NO5/c26-23-16(12-13-6-1-3-9-17(13)29-23)20-15-8-5-11-28-22(15)19-14-7-2-4-10-18(14)30-24(27)21(19)25-20/h1-4,6-7,9-10,12,15,20,22,25H,5,8,11H2/t15-,20-,22-/m0/s1. The Morgan fingerprint density at radius 3 is 2.57 bits per heavy atom. The van der Waals surface area contributed by atoms with Crippen molar-refractivity contribution in [2.75, 3.05) is 11.9 Å². The number of fused-ring (bicyclic) bond motifs is 6. The van der Waals surface area contributed by atoms with Gasteiger partial charge in [0.25, 0.3) is 0 Å². The molecule has 1 fully saturated rings. The lowest BCUT2D eigenvalue weighted by atomic mass is 9.77. The molecule has 0 unspecified atom stereocenters. The fourth-order valence-electron chi connectivity index (χ4n) is 4.91. The second-order valence-electron chi connectivity index (χ2n) is 7.92. The molecule has 4 aromatic rings. The van der Waals surface area contributed by atoms with Crippen LogP contribution in [0.1, 0.15) is 36.1 Å². The molecule has 2 aliphatic rings. The maximum Gasteiger partial charge on any atom is 0.360 e. The van der Waals surface area contributed by atoms with Crippen molar-refractivity contribution in [2.24, 2.45) is 5.92 Å². The number of para-hydroxylation sites is 2. The van der Waals surface area contributed by atoms with Crippen molar-refractivity contribution in [3.05, 3.63) is 86.6 Å². The molecular weight excluding hydrogens is 382 g/mol. The van der Waals surface area contributed by atoms with Crippen LogP contribution in [0.4, 0.5) is 5.69 Å². The quantitative estimate of drug-likeness (QED) is 0.472. The van der Waals surface area contributed by atoms with Crippen molar-refractivity contribution in [3.8, 4) is 0 Å². The van der Waals surface area contributed by atoms with E-state index in [1.165, 1.54) is 0 Å². The normalized spacial score (nSPS) is 23.0. The molecule has 0 amide bonds. The SMILES string of the molecule is O=c1oc2ccccc2cc1[C@H]1Nc2c(c3ccccc3oc2=O)[C@H]2OCCC[C@@H]12. The number of hydrogen-bond donors (Lipinski definition) is 1. The molecule has 150 valence electrons. The van der Waals surface area contributed by atoms with Gasteiger partial charge in [-0.3, -0.25) is 0 Å². The first kappa shape index (κ1) is 17.5. The summed E-state index contributed by atoms with van der Waals surface area (Å²) >= 11 is 0. The summed E-state index contributed by atoms with van der Waals surface area (Å²) in [6, 6.07) is 16.4. The van der Waals surface area contributed by atoms with E-state index in [1.807, 2.05) is 42.5 Å². The van der Waals surface area contributed by atoms with Crippen LogP contribution in [0.5, 0.6) is 0 Å². The molecule has 1 N–H and O–H groups in total. The zero-order valence-corrected chi connectivity index (χ0v) is 16.1. The second kappa shape index (κ2) is 6.57. The maximum atomic E-state index is 12.9. The van der Waals surface area contributed by atoms with Crippen LogP contribution >= 0.6 is 0 Å². The lowest BCUT2D eigenvalue weighted by Gasteiger charge is -2.42. The molecule has 6 rings (SSSR count). The second-order valence-corrected chi connectivity index (χ2v) is 7.92. The highest BCUT2D eigenvalue weighted by atomic mass is 16.5. The van der Waals surface area contributed by atoms with E-state index in [9.17, 15) is 9.59 Å². The lowest BCUT2D eigenvalue weighted by Crippen LogP contribution is -2.39. The van der Waals surface area contributed by atoms with Gasteiger partial charge < -0.3 is 18.9 Å². The van der Waals surface area contributed by atoms with Crippen LogP contribution in [-0.2, 0) is 4.74 Å². The van der Waals surface area contributed by atoms with E-state index in [-0.39, 0.29) is 12.0 Å². The average Bonchev–Trinajstić information content (AvgIpc) is 2.78. The first-order valence-electron chi connectivity index (χ1n) is 10.2. The Kier molecular flexibility index (Phi) is 3.83. The van der Waals surface area contributed by atoms with E-state index in [0.29, 0.717) is 29.0 Å². The lowest BCUT2D eigenvalue weighted by molar-refractivity contribution is -0.0378. The van der Waals surface area contributed by atoms with Gasteiger partial charge in [0.2, 0.25) is 0 Å². The van der Waals surface area contributed by atoms with Gasteiger partial charge in [0.05, 0.1) is 17.7 Å². The van der Waals surface area contributed by atoms with Gasteiger partial charge in [-0.05, 0) is 31.0 Å². The summed E-state index contributed by atoms with van der Waals surface area (Å²) in [6.07, 6.45) is 1.48. The van der Waals surface area contributed by atoms with Crippen LogP contribution < -0.4 is 16.6 Å². The van der Waals surface area contributed by atoms with Gasteiger partial charge >= 0.3 is 11.3 Å². The number of benzene rings is 2. The van der Waals surface area contributed by atoms with E-state index in [0.717, 1.165) is 29.2 Å². The van der Waals surface area contributed by atoms with Crippen LogP contribution in [0, 0.1) is 5.92 Å². The molecular formula is C24H19NO5. The van der Waals surface area contributed by atoms with Gasteiger partial charge in [-0.1, -0.05) is 36.4 Å². The Labute approximate surface area is 171 Å². The highest BCUT2D eigenvalue weighted by Gasteiger charge is 2.43. The molecule has 2 aromatic carbocycles. The Balaban J connectivity index is 1.59. The molecule has 2 aliphatic heterocycles. The topological polar surface area (TPSA) is 81.7 Å². The minimum atomic E-state index is -0.452. The van der Waals surface area contributed by atoms with Crippen LogP contribution in [0.15, 0.2) is 73.0 Å². The first-order valence-corrected chi connectivity index (χ1v) is 10.2. The molecule has 3 atom stereocenters. The van der Waals surface area contributed by atoms with Crippen LogP contribution in [0.2, 0.25) is 0 Å². The molecule has 6 heteroatoms. The van der Waals surface area contributed by atoms with Gasteiger partial charge in [0.1, 0.15) is 16.9 Å². The number of nitrogens with one attached hydrogen (secondary N) is 1. The number of rotatable bonds is 1. The molecule has 2 aromatic heterocycles. The van der Waals surface area contributed by atoms with E-state index in [1.54, 1.807) is 12.1 Å². The zero-order valence-electron chi connectivity index (χ0n) is 16.1. The van der Waals surface area contributed by atoms with Gasteiger partial charge in [0, 0.05) is 28.9 Å². The molecule has 6 nitrogen and oxygen atoms in total. The van der Waals surface area contributed by atoms with E-state index in [2.05, 4.69) is 5.32 Å².